The fraction of sp³-hybridized carbons (Fsp3) is 0.192. The van der Waals surface area contributed by atoms with Gasteiger partial charge in [-0.15, -0.1) is 11.8 Å². The van der Waals surface area contributed by atoms with Crippen molar-refractivity contribution >= 4 is 17.7 Å². The molecule has 4 heteroatoms. The second-order valence-corrected chi connectivity index (χ2v) is 7.17. The lowest BCUT2D eigenvalue weighted by atomic mass is 10.2. The molecule has 0 aromatic heterocycles. The fourth-order valence-corrected chi connectivity index (χ4v) is 3.23. The van der Waals surface area contributed by atoms with Crippen LogP contribution in [0.1, 0.15) is 29.6 Å². The van der Waals surface area contributed by atoms with Gasteiger partial charge in [0.25, 0.3) is 0 Å². The van der Waals surface area contributed by atoms with E-state index in [9.17, 15) is 4.79 Å². The van der Waals surface area contributed by atoms with Crippen molar-refractivity contribution in [3.8, 4) is 17.6 Å². The van der Waals surface area contributed by atoms with Gasteiger partial charge in [-0.05, 0) is 37.1 Å². The SMILES string of the molecule is O=C(O)c1ccccc1SCC#CCC=CCC=CCC=CCOc1ccccc1. The Bertz CT molecular complexity index is 918. The standard InChI is InChI=1S/C26H26O3S/c27-26(28)24-19-13-14-20-25(24)30-22-16-9-7-5-3-1-2-4-6-8-15-21-29-23-17-11-10-12-18-23/h2-5,8,10-15,17-20H,1,6-7,21-22H2,(H,27,28). The topological polar surface area (TPSA) is 46.5 Å². The quantitative estimate of drug-likeness (QED) is 0.261. The van der Waals surface area contributed by atoms with Gasteiger partial charge in [-0.2, -0.15) is 0 Å². The number of aromatic carboxylic acids is 1. The minimum Gasteiger partial charge on any atom is -0.490 e. The summed E-state index contributed by atoms with van der Waals surface area (Å²) in [6.07, 6.45) is 15.0. The molecule has 0 amide bonds. The summed E-state index contributed by atoms with van der Waals surface area (Å²) in [6.45, 7) is 0.580. The van der Waals surface area contributed by atoms with Crippen LogP contribution in [0.5, 0.6) is 5.75 Å². The van der Waals surface area contributed by atoms with Crippen LogP contribution < -0.4 is 4.74 Å². The van der Waals surface area contributed by atoms with Crippen molar-refractivity contribution < 1.29 is 14.6 Å². The molecule has 0 saturated heterocycles. The highest BCUT2D eigenvalue weighted by atomic mass is 32.2. The number of hydrogen-bond donors (Lipinski definition) is 1. The summed E-state index contributed by atoms with van der Waals surface area (Å²) in [5, 5.41) is 9.15. The third kappa shape index (κ3) is 9.86. The Hall–Kier alpha value is -3.16. The summed E-state index contributed by atoms with van der Waals surface area (Å²) < 4.78 is 5.58. The molecule has 0 aliphatic rings. The van der Waals surface area contributed by atoms with Gasteiger partial charge in [-0.1, -0.05) is 78.6 Å². The number of carboxylic acid groups (broad SMARTS) is 1. The minimum atomic E-state index is -0.905. The number of para-hydroxylation sites is 1. The van der Waals surface area contributed by atoms with E-state index in [1.54, 1.807) is 12.1 Å². The van der Waals surface area contributed by atoms with Gasteiger partial charge in [0.2, 0.25) is 0 Å². The van der Waals surface area contributed by atoms with Gasteiger partial charge >= 0.3 is 5.97 Å². The van der Waals surface area contributed by atoms with Gasteiger partial charge in [-0.3, -0.25) is 0 Å². The van der Waals surface area contributed by atoms with Crippen molar-refractivity contribution in [3.63, 3.8) is 0 Å². The van der Waals surface area contributed by atoms with Gasteiger partial charge in [0.15, 0.2) is 0 Å². The van der Waals surface area contributed by atoms with E-state index in [-0.39, 0.29) is 0 Å². The van der Waals surface area contributed by atoms with E-state index >= 15 is 0 Å². The molecule has 0 saturated carbocycles. The maximum absolute atomic E-state index is 11.1. The Morgan fingerprint density at radius 1 is 0.867 bits per heavy atom. The van der Waals surface area contributed by atoms with Crippen LogP contribution in [0.4, 0.5) is 0 Å². The Labute approximate surface area is 183 Å². The number of ether oxygens (including phenoxy) is 1. The van der Waals surface area contributed by atoms with E-state index < -0.39 is 5.97 Å². The molecular formula is C26H26O3S. The summed E-state index contributed by atoms with van der Waals surface area (Å²) in [6, 6.07) is 16.8. The van der Waals surface area contributed by atoms with Crippen LogP contribution in [0.3, 0.4) is 0 Å². The number of hydrogen-bond acceptors (Lipinski definition) is 3. The van der Waals surface area contributed by atoms with Crippen molar-refractivity contribution in [2.75, 3.05) is 12.4 Å². The lowest BCUT2D eigenvalue weighted by Gasteiger charge is -2.01. The average molecular weight is 419 g/mol. The molecule has 0 aliphatic heterocycles. The van der Waals surface area contributed by atoms with E-state index in [1.165, 1.54) is 11.8 Å². The zero-order chi connectivity index (χ0) is 21.3. The number of rotatable bonds is 11. The second kappa shape index (κ2) is 14.8. The normalized spacial score (nSPS) is 11.1. The summed E-state index contributed by atoms with van der Waals surface area (Å²) >= 11 is 1.45. The van der Waals surface area contributed by atoms with E-state index in [0.717, 1.165) is 23.5 Å². The summed E-state index contributed by atoms with van der Waals surface area (Å²) in [7, 11) is 0. The summed E-state index contributed by atoms with van der Waals surface area (Å²) in [4.78, 5) is 11.9. The highest BCUT2D eigenvalue weighted by molar-refractivity contribution is 7.99. The highest BCUT2D eigenvalue weighted by Crippen LogP contribution is 2.22. The van der Waals surface area contributed by atoms with Crippen molar-refractivity contribution in [1.29, 1.82) is 0 Å². The molecule has 0 heterocycles. The van der Waals surface area contributed by atoms with Crippen LogP contribution in [-0.2, 0) is 0 Å². The van der Waals surface area contributed by atoms with Gasteiger partial charge < -0.3 is 9.84 Å². The maximum Gasteiger partial charge on any atom is 0.336 e. The van der Waals surface area contributed by atoms with E-state index in [2.05, 4.69) is 42.2 Å². The molecule has 0 bridgehead atoms. The first-order valence-electron chi connectivity index (χ1n) is 9.81. The van der Waals surface area contributed by atoms with E-state index in [1.807, 2.05) is 48.5 Å². The smallest absolute Gasteiger partial charge is 0.336 e. The lowest BCUT2D eigenvalue weighted by Crippen LogP contribution is -1.98. The largest absolute Gasteiger partial charge is 0.490 e. The summed E-state index contributed by atoms with van der Waals surface area (Å²) in [5.41, 5.74) is 0.328. The zero-order valence-electron chi connectivity index (χ0n) is 16.9. The summed E-state index contributed by atoms with van der Waals surface area (Å²) in [5.74, 6) is 6.72. The third-order valence-electron chi connectivity index (χ3n) is 3.90. The Morgan fingerprint density at radius 2 is 1.53 bits per heavy atom. The number of carboxylic acids is 1. The van der Waals surface area contributed by atoms with Crippen molar-refractivity contribution in [1.82, 2.24) is 0 Å². The van der Waals surface area contributed by atoms with Gasteiger partial charge in [0.1, 0.15) is 12.4 Å². The third-order valence-corrected chi connectivity index (χ3v) is 4.85. The van der Waals surface area contributed by atoms with Gasteiger partial charge in [-0.25, -0.2) is 4.79 Å². The van der Waals surface area contributed by atoms with Crippen LogP contribution in [0, 0.1) is 11.8 Å². The first kappa shape index (κ1) is 23.1. The molecule has 0 fully saturated rings. The molecule has 30 heavy (non-hydrogen) atoms. The predicted octanol–water partition coefficient (Wildman–Crippen LogP) is 6.40. The first-order valence-corrected chi connectivity index (χ1v) is 10.8. The van der Waals surface area contributed by atoms with Crippen LogP contribution in [0.15, 0.2) is 95.9 Å². The van der Waals surface area contributed by atoms with Crippen LogP contribution >= 0.6 is 11.8 Å². The molecule has 0 atom stereocenters. The monoisotopic (exact) mass is 418 g/mol. The van der Waals surface area contributed by atoms with Crippen molar-refractivity contribution in [2.24, 2.45) is 0 Å². The minimum absolute atomic E-state index is 0.328. The van der Waals surface area contributed by atoms with Gasteiger partial charge in [0, 0.05) is 11.3 Å². The molecule has 154 valence electrons. The zero-order valence-corrected chi connectivity index (χ0v) is 17.7. The van der Waals surface area contributed by atoms with Crippen LogP contribution in [0.2, 0.25) is 0 Å². The number of carbonyl (C=O) groups is 1. The molecule has 1 N–H and O–H groups in total. The molecule has 2 aromatic rings. The molecule has 2 aromatic carbocycles. The fourth-order valence-electron chi connectivity index (χ4n) is 2.42. The Morgan fingerprint density at radius 3 is 2.30 bits per heavy atom. The molecule has 3 nitrogen and oxygen atoms in total. The van der Waals surface area contributed by atoms with Crippen LogP contribution in [0.25, 0.3) is 0 Å². The van der Waals surface area contributed by atoms with Crippen LogP contribution in [-0.4, -0.2) is 23.4 Å². The first-order chi connectivity index (χ1) is 14.8. The van der Waals surface area contributed by atoms with E-state index in [0.29, 0.717) is 24.3 Å². The molecule has 0 spiro atoms. The number of thioether (sulfide) groups is 1. The van der Waals surface area contributed by atoms with Gasteiger partial charge in [0.05, 0.1) is 11.3 Å². The molecule has 2 rings (SSSR count). The number of benzene rings is 2. The van der Waals surface area contributed by atoms with Crippen molar-refractivity contribution in [3.05, 3.63) is 96.6 Å². The Kier molecular flexibility index (Phi) is 11.4. The lowest BCUT2D eigenvalue weighted by molar-refractivity contribution is 0.0693. The number of allylic oxidation sites excluding steroid dienone is 5. The van der Waals surface area contributed by atoms with E-state index in [4.69, 9.17) is 9.84 Å². The maximum atomic E-state index is 11.1. The second-order valence-electron chi connectivity index (χ2n) is 6.16. The molecule has 0 unspecified atom stereocenters. The highest BCUT2D eigenvalue weighted by Gasteiger charge is 2.08. The van der Waals surface area contributed by atoms with Crippen molar-refractivity contribution in [2.45, 2.75) is 24.2 Å². The Balaban J connectivity index is 1.53. The molecule has 0 radical (unpaired) electrons. The average Bonchev–Trinajstić information content (AvgIpc) is 2.77. The molecular weight excluding hydrogens is 392 g/mol. The predicted molar refractivity (Wildman–Crippen MR) is 125 cm³/mol. The molecule has 0 aliphatic carbocycles.